The van der Waals surface area contributed by atoms with Crippen molar-refractivity contribution in [1.82, 2.24) is 10.2 Å². The third-order valence-electron chi connectivity index (χ3n) is 9.62. The quantitative estimate of drug-likeness (QED) is 0.381. The van der Waals surface area contributed by atoms with Crippen LogP contribution in [0, 0.1) is 11.8 Å². The zero-order valence-electron chi connectivity index (χ0n) is 22.9. The second-order valence-corrected chi connectivity index (χ2v) is 12.9. The molecular formula is C31H41N3O4S. The van der Waals surface area contributed by atoms with Crippen molar-refractivity contribution in [2.24, 2.45) is 11.8 Å². The lowest BCUT2D eigenvalue weighted by molar-refractivity contribution is -0.144. The molecule has 1 spiro atoms. The van der Waals surface area contributed by atoms with Crippen LogP contribution in [0.5, 0.6) is 0 Å². The standard InChI is InChI=1S/C31H41N3O4S/c1-39-23-16-10-13-21(19-23)33-28(35)25-24-17-18-31(38-24)26(25)30(37)34(22-14-8-3-2-4-9-15-22)27(31)29(36)32-20-11-6-5-7-12-20/h10,13,16-20,22,24-27H,2-9,11-12,14-15H2,1H3,(H,32,36)(H,33,35)/t24-,25+,26-,27+,31-/m1/s1. The average Bonchev–Trinajstić information content (AvgIpc) is 3.57. The van der Waals surface area contributed by atoms with E-state index in [4.69, 9.17) is 4.74 Å². The maximum atomic E-state index is 14.4. The Kier molecular flexibility index (Phi) is 7.77. The smallest absolute Gasteiger partial charge is 0.246 e. The van der Waals surface area contributed by atoms with Crippen LogP contribution in [0.15, 0.2) is 41.3 Å². The van der Waals surface area contributed by atoms with Crippen molar-refractivity contribution < 1.29 is 19.1 Å². The van der Waals surface area contributed by atoms with E-state index >= 15 is 0 Å². The predicted octanol–water partition coefficient (Wildman–Crippen LogP) is 5.06. The van der Waals surface area contributed by atoms with Crippen molar-refractivity contribution in [1.29, 1.82) is 0 Å². The Bertz CT molecular complexity index is 1130. The van der Waals surface area contributed by atoms with Crippen LogP contribution in [0.1, 0.15) is 77.0 Å². The Balaban J connectivity index is 1.31. The number of nitrogens with one attached hydrogen (secondary N) is 2. The van der Waals surface area contributed by atoms with Gasteiger partial charge in [0.1, 0.15) is 11.6 Å². The van der Waals surface area contributed by atoms with Gasteiger partial charge in [-0.3, -0.25) is 14.4 Å². The largest absolute Gasteiger partial charge is 0.359 e. The molecule has 0 radical (unpaired) electrons. The van der Waals surface area contributed by atoms with Gasteiger partial charge in [0.15, 0.2) is 0 Å². The molecule has 3 heterocycles. The van der Waals surface area contributed by atoms with Crippen LogP contribution in [0.25, 0.3) is 0 Å². The van der Waals surface area contributed by atoms with Crippen molar-refractivity contribution in [3.05, 3.63) is 36.4 Å². The summed E-state index contributed by atoms with van der Waals surface area (Å²) in [5, 5.41) is 6.37. The van der Waals surface area contributed by atoms with Gasteiger partial charge in [-0.05, 0) is 50.1 Å². The molecule has 1 aromatic rings. The lowest BCUT2D eigenvalue weighted by Crippen LogP contribution is -2.58. The van der Waals surface area contributed by atoms with Crippen molar-refractivity contribution >= 4 is 35.2 Å². The van der Waals surface area contributed by atoms with Gasteiger partial charge in [-0.2, -0.15) is 0 Å². The van der Waals surface area contributed by atoms with Gasteiger partial charge in [0.25, 0.3) is 0 Å². The Hall–Kier alpha value is -2.32. The van der Waals surface area contributed by atoms with Crippen LogP contribution in [0.4, 0.5) is 5.69 Å². The van der Waals surface area contributed by atoms with Gasteiger partial charge in [-0.25, -0.2) is 0 Å². The fraction of sp³-hybridized carbons (Fsp3) is 0.645. The number of carbonyl (C=O) groups is 3. The second-order valence-electron chi connectivity index (χ2n) is 12.0. The van der Waals surface area contributed by atoms with E-state index < -0.39 is 29.6 Å². The molecule has 8 heteroatoms. The normalized spacial score (nSPS) is 33.1. The van der Waals surface area contributed by atoms with Gasteiger partial charge < -0.3 is 20.3 Å². The highest BCUT2D eigenvalue weighted by Gasteiger charge is 2.73. The Morgan fingerprint density at radius 3 is 2.41 bits per heavy atom. The summed E-state index contributed by atoms with van der Waals surface area (Å²) in [5.74, 6) is -1.77. The molecule has 0 unspecified atom stereocenters. The number of fused-ring (bicyclic) bond motifs is 1. The molecule has 39 heavy (non-hydrogen) atoms. The maximum absolute atomic E-state index is 14.4. The minimum Gasteiger partial charge on any atom is -0.359 e. The molecule has 2 N–H and O–H groups in total. The molecule has 2 saturated carbocycles. The van der Waals surface area contributed by atoms with Gasteiger partial charge >= 0.3 is 0 Å². The molecule has 5 aliphatic rings. The number of rotatable bonds is 6. The zero-order valence-corrected chi connectivity index (χ0v) is 23.7. The lowest BCUT2D eigenvalue weighted by Gasteiger charge is -2.38. The van der Waals surface area contributed by atoms with Crippen LogP contribution < -0.4 is 10.6 Å². The molecule has 4 fully saturated rings. The highest BCUT2D eigenvalue weighted by Crippen LogP contribution is 2.56. The zero-order chi connectivity index (χ0) is 27.0. The lowest BCUT2D eigenvalue weighted by atomic mass is 9.74. The molecule has 3 aliphatic heterocycles. The predicted molar refractivity (Wildman–Crippen MR) is 152 cm³/mol. The van der Waals surface area contributed by atoms with Crippen LogP contribution >= 0.6 is 11.8 Å². The average molecular weight is 552 g/mol. The Labute approximate surface area is 235 Å². The van der Waals surface area contributed by atoms with Gasteiger partial charge in [0.05, 0.1) is 17.9 Å². The van der Waals surface area contributed by atoms with Gasteiger partial charge in [0.2, 0.25) is 17.7 Å². The summed E-state index contributed by atoms with van der Waals surface area (Å²) in [6, 6.07) is 7.14. The first kappa shape index (κ1) is 26.9. The number of ether oxygens (including phenoxy) is 1. The fourth-order valence-electron chi connectivity index (χ4n) is 7.77. The first-order valence-electron chi connectivity index (χ1n) is 15.0. The van der Waals surface area contributed by atoms with Crippen LogP contribution in [-0.4, -0.2) is 58.7 Å². The van der Waals surface area contributed by atoms with Crippen molar-refractivity contribution in [2.75, 3.05) is 11.6 Å². The Morgan fingerprint density at radius 2 is 1.67 bits per heavy atom. The maximum Gasteiger partial charge on any atom is 0.246 e. The second kappa shape index (κ2) is 11.3. The summed E-state index contributed by atoms with van der Waals surface area (Å²) in [7, 11) is 0. The first-order valence-corrected chi connectivity index (χ1v) is 16.2. The van der Waals surface area contributed by atoms with Gasteiger partial charge in [-0.15, -0.1) is 11.8 Å². The molecule has 210 valence electrons. The molecule has 3 amide bonds. The monoisotopic (exact) mass is 551 g/mol. The molecule has 0 aromatic heterocycles. The van der Waals surface area contributed by atoms with E-state index in [-0.39, 0.29) is 29.8 Å². The van der Waals surface area contributed by atoms with E-state index in [0.717, 1.165) is 69.1 Å². The van der Waals surface area contributed by atoms with Crippen molar-refractivity contribution in [3.63, 3.8) is 0 Å². The minimum atomic E-state index is -1.09. The van der Waals surface area contributed by atoms with Crippen molar-refractivity contribution in [3.8, 4) is 0 Å². The van der Waals surface area contributed by atoms with Gasteiger partial charge in [-0.1, -0.05) is 69.6 Å². The number of anilines is 1. The van der Waals surface area contributed by atoms with E-state index in [1.165, 1.54) is 12.8 Å². The summed E-state index contributed by atoms with van der Waals surface area (Å²) >= 11 is 1.61. The molecule has 2 saturated heterocycles. The van der Waals surface area contributed by atoms with E-state index in [2.05, 4.69) is 10.6 Å². The molecule has 2 bridgehead atoms. The Morgan fingerprint density at radius 1 is 0.974 bits per heavy atom. The summed E-state index contributed by atoms with van der Waals surface area (Å²) < 4.78 is 6.57. The highest BCUT2D eigenvalue weighted by molar-refractivity contribution is 7.98. The van der Waals surface area contributed by atoms with E-state index in [1.54, 1.807) is 11.8 Å². The summed E-state index contributed by atoms with van der Waals surface area (Å²) in [5.41, 5.74) is -0.381. The van der Waals surface area contributed by atoms with E-state index in [1.807, 2.05) is 47.6 Å². The number of benzene rings is 1. The molecule has 1 aromatic carbocycles. The topological polar surface area (TPSA) is 87.7 Å². The number of hydrogen-bond acceptors (Lipinski definition) is 5. The molecule has 5 atom stereocenters. The SMILES string of the molecule is CSc1cccc(NC(=O)[C@H]2[C@H]3C=C[C@]4(O3)[C@H](C(=O)NC3CCCCC3)N(C3CCCCCCC3)C(=O)[C@@H]24)c1. The minimum absolute atomic E-state index is 0.00194. The third-order valence-corrected chi connectivity index (χ3v) is 10.3. The number of hydrogen-bond donors (Lipinski definition) is 2. The molecule has 7 nitrogen and oxygen atoms in total. The summed E-state index contributed by atoms with van der Waals surface area (Å²) in [6.45, 7) is 0. The molecular weight excluding hydrogens is 510 g/mol. The number of nitrogens with zero attached hydrogens (tertiary/aromatic N) is 1. The first-order chi connectivity index (χ1) is 19.0. The van der Waals surface area contributed by atoms with E-state index in [0.29, 0.717) is 5.69 Å². The molecule has 6 rings (SSSR count). The van der Waals surface area contributed by atoms with Crippen molar-refractivity contribution in [2.45, 2.75) is 112 Å². The van der Waals surface area contributed by atoms with E-state index in [9.17, 15) is 14.4 Å². The van der Waals surface area contributed by atoms with Crippen LogP contribution in [0.2, 0.25) is 0 Å². The number of likely N-dealkylation sites (tertiary alicyclic amines) is 1. The summed E-state index contributed by atoms with van der Waals surface area (Å²) in [6.07, 6.45) is 18.2. The summed E-state index contributed by atoms with van der Waals surface area (Å²) in [4.78, 5) is 45.2. The number of amides is 3. The third kappa shape index (κ3) is 4.92. The molecule has 2 aliphatic carbocycles. The van der Waals surface area contributed by atoms with Crippen LogP contribution in [0.3, 0.4) is 0 Å². The number of carbonyl (C=O) groups excluding carboxylic acids is 3. The van der Waals surface area contributed by atoms with Crippen LogP contribution in [-0.2, 0) is 19.1 Å². The fourth-order valence-corrected chi connectivity index (χ4v) is 8.23. The number of thioether (sulfide) groups is 1. The van der Waals surface area contributed by atoms with Gasteiger partial charge in [0, 0.05) is 22.7 Å². The highest BCUT2D eigenvalue weighted by atomic mass is 32.2.